The number of alkyl halides is 1. The predicted octanol–water partition coefficient (Wildman–Crippen LogP) is 3.36. The molecule has 0 radical (unpaired) electrons. The molecule has 0 spiro atoms. The van der Waals surface area contributed by atoms with E-state index in [-0.39, 0.29) is 6.42 Å². The van der Waals surface area contributed by atoms with Crippen molar-refractivity contribution < 1.29 is 9.90 Å². The fraction of sp³-hybridized carbons (Fsp3) is 0.300. The zero-order valence-electron chi connectivity index (χ0n) is 7.46. The normalized spacial score (nSPS) is 10.1. The summed E-state index contributed by atoms with van der Waals surface area (Å²) in [6.07, 6.45) is 0.756. The van der Waals surface area contributed by atoms with Crippen LogP contribution in [0.25, 0.3) is 0 Å². The first-order valence-corrected chi connectivity index (χ1v) is 6.10. The highest BCUT2D eigenvalue weighted by Gasteiger charge is 2.06. The average Bonchev–Trinajstić information content (AvgIpc) is 2.14. The number of benzene rings is 1. The third-order valence-electron chi connectivity index (χ3n) is 1.96. The summed E-state index contributed by atoms with van der Waals surface area (Å²) in [5.74, 6) is -0.759. The highest BCUT2D eigenvalue weighted by molar-refractivity contribution is 9.10. The topological polar surface area (TPSA) is 37.3 Å². The van der Waals surface area contributed by atoms with Gasteiger partial charge in [0.25, 0.3) is 0 Å². The number of aliphatic carboxylic acids is 1. The molecule has 0 saturated carbocycles. The van der Waals surface area contributed by atoms with Gasteiger partial charge in [0, 0.05) is 16.2 Å². The van der Waals surface area contributed by atoms with Crippen LogP contribution in [-0.2, 0) is 16.5 Å². The molecule has 14 heavy (non-hydrogen) atoms. The van der Waals surface area contributed by atoms with E-state index in [0.717, 1.165) is 20.9 Å². The zero-order valence-corrected chi connectivity index (χ0v) is 10.6. The molecule has 0 aliphatic heterocycles. The second kappa shape index (κ2) is 5.51. The molecule has 2 nitrogen and oxygen atoms in total. The van der Waals surface area contributed by atoms with Gasteiger partial charge in [0.05, 0.1) is 0 Å². The highest BCUT2D eigenvalue weighted by Crippen LogP contribution is 2.24. The molecule has 0 bridgehead atoms. The van der Waals surface area contributed by atoms with Crippen LogP contribution in [0.3, 0.4) is 0 Å². The van der Waals surface area contributed by atoms with Crippen molar-refractivity contribution in [2.24, 2.45) is 0 Å². The van der Waals surface area contributed by atoms with Gasteiger partial charge in [0.2, 0.25) is 0 Å². The summed E-state index contributed by atoms with van der Waals surface area (Å²) in [5, 5.41) is 9.32. The maximum absolute atomic E-state index is 10.4. The molecule has 76 valence electrons. The van der Waals surface area contributed by atoms with Gasteiger partial charge >= 0.3 is 5.97 Å². The summed E-state index contributed by atoms with van der Waals surface area (Å²) in [6.45, 7) is 0. The van der Waals surface area contributed by atoms with Gasteiger partial charge in [-0.25, -0.2) is 0 Å². The van der Waals surface area contributed by atoms with E-state index in [9.17, 15) is 4.79 Å². The molecule has 0 saturated heterocycles. The minimum absolute atomic E-state index is 0.177. The van der Waals surface area contributed by atoms with Gasteiger partial charge in [-0.15, -0.1) is 0 Å². The lowest BCUT2D eigenvalue weighted by Gasteiger charge is -2.07. The standard InChI is InChI=1S/C10H10Br2O2/c11-6-8-7(4-5-10(13)14)2-1-3-9(8)12/h1-3H,4-6H2,(H,13,14). The Hall–Kier alpha value is -0.350. The first-order valence-electron chi connectivity index (χ1n) is 4.19. The summed E-state index contributed by atoms with van der Waals surface area (Å²) < 4.78 is 1.03. The number of aryl methyl sites for hydroxylation is 1. The van der Waals surface area contributed by atoms with Crippen LogP contribution in [0.5, 0.6) is 0 Å². The molecule has 4 heteroatoms. The third-order valence-corrected chi connectivity index (χ3v) is 3.26. The van der Waals surface area contributed by atoms with Crippen LogP contribution in [-0.4, -0.2) is 11.1 Å². The van der Waals surface area contributed by atoms with E-state index in [0.29, 0.717) is 6.42 Å². The SMILES string of the molecule is O=C(O)CCc1cccc(Br)c1CBr. The summed E-state index contributed by atoms with van der Waals surface area (Å²) in [6, 6.07) is 5.85. The van der Waals surface area contributed by atoms with Crippen molar-refractivity contribution in [1.82, 2.24) is 0 Å². The second-order valence-corrected chi connectivity index (χ2v) is 4.32. The number of hydrogen-bond acceptors (Lipinski definition) is 1. The van der Waals surface area contributed by atoms with Crippen LogP contribution >= 0.6 is 31.9 Å². The minimum atomic E-state index is -0.759. The average molecular weight is 322 g/mol. The van der Waals surface area contributed by atoms with Crippen LogP contribution in [0.15, 0.2) is 22.7 Å². The van der Waals surface area contributed by atoms with Gasteiger partial charge in [0.15, 0.2) is 0 Å². The Morgan fingerprint density at radius 2 is 2.14 bits per heavy atom. The van der Waals surface area contributed by atoms with Crippen LogP contribution in [0, 0.1) is 0 Å². The largest absolute Gasteiger partial charge is 0.481 e. The van der Waals surface area contributed by atoms with Gasteiger partial charge < -0.3 is 5.11 Å². The summed E-state index contributed by atoms with van der Waals surface area (Å²) >= 11 is 6.83. The zero-order chi connectivity index (χ0) is 10.6. The van der Waals surface area contributed by atoms with E-state index in [1.54, 1.807) is 0 Å². The Morgan fingerprint density at radius 1 is 1.43 bits per heavy atom. The summed E-state index contributed by atoms with van der Waals surface area (Å²) in [4.78, 5) is 10.4. The number of rotatable bonds is 4. The maximum Gasteiger partial charge on any atom is 0.303 e. The van der Waals surface area contributed by atoms with Crippen molar-refractivity contribution in [2.75, 3.05) is 0 Å². The lowest BCUT2D eigenvalue weighted by atomic mass is 10.0. The van der Waals surface area contributed by atoms with E-state index in [1.807, 2.05) is 18.2 Å². The van der Waals surface area contributed by atoms with Crippen LogP contribution < -0.4 is 0 Å². The molecule has 0 fully saturated rings. The molecule has 1 rings (SSSR count). The number of hydrogen-bond donors (Lipinski definition) is 1. The first-order chi connectivity index (χ1) is 6.65. The first kappa shape index (κ1) is 11.7. The summed E-state index contributed by atoms with van der Waals surface area (Å²) in [7, 11) is 0. The maximum atomic E-state index is 10.4. The molecule has 1 aromatic carbocycles. The van der Waals surface area contributed by atoms with Crippen molar-refractivity contribution in [1.29, 1.82) is 0 Å². The van der Waals surface area contributed by atoms with E-state index in [1.165, 1.54) is 0 Å². The van der Waals surface area contributed by atoms with Gasteiger partial charge in [0.1, 0.15) is 0 Å². The monoisotopic (exact) mass is 320 g/mol. The van der Waals surface area contributed by atoms with Crippen molar-refractivity contribution >= 4 is 37.8 Å². The second-order valence-electron chi connectivity index (χ2n) is 2.90. The van der Waals surface area contributed by atoms with Crippen LogP contribution in [0.1, 0.15) is 17.5 Å². The molecule has 1 N–H and O–H groups in total. The number of carboxylic acids is 1. The molecular formula is C10H10Br2O2. The van der Waals surface area contributed by atoms with E-state index in [2.05, 4.69) is 31.9 Å². The van der Waals surface area contributed by atoms with Crippen molar-refractivity contribution in [3.8, 4) is 0 Å². The Bertz CT molecular complexity index is 337. The van der Waals surface area contributed by atoms with Gasteiger partial charge in [-0.1, -0.05) is 44.0 Å². The quantitative estimate of drug-likeness (QED) is 0.863. The molecule has 1 aromatic rings. The molecule has 0 unspecified atom stereocenters. The van der Waals surface area contributed by atoms with E-state index < -0.39 is 5.97 Å². The molecule has 0 atom stereocenters. The van der Waals surface area contributed by atoms with Gasteiger partial charge in [-0.3, -0.25) is 4.79 Å². The molecule has 0 aromatic heterocycles. The number of carboxylic acid groups (broad SMARTS) is 1. The highest BCUT2D eigenvalue weighted by atomic mass is 79.9. The van der Waals surface area contributed by atoms with Crippen molar-refractivity contribution in [3.63, 3.8) is 0 Å². The van der Waals surface area contributed by atoms with Crippen LogP contribution in [0.4, 0.5) is 0 Å². The number of halogens is 2. The Morgan fingerprint density at radius 3 is 2.71 bits per heavy atom. The fourth-order valence-electron chi connectivity index (χ4n) is 1.23. The van der Waals surface area contributed by atoms with Gasteiger partial charge in [-0.2, -0.15) is 0 Å². The predicted molar refractivity (Wildman–Crippen MR) is 62.7 cm³/mol. The smallest absolute Gasteiger partial charge is 0.303 e. The Labute approximate surface area is 99.6 Å². The van der Waals surface area contributed by atoms with E-state index >= 15 is 0 Å². The van der Waals surface area contributed by atoms with E-state index in [4.69, 9.17) is 5.11 Å². The molecule has 0 aliphatic carbocycles. The van der Waals surface area contributed by atoms with Crippen molar-refractivity contribution in [2.45, 2.75) is 18.2 Å². The van der Waals surface area contributed by atoms with Crippen LogP contribution in [0.2, 0.25) is 0 Å². The lowest BCUT2D eigenvalue weighted by Crippen LogP contribution is -2.00. The molecule has 0 aliphatic rings. The number of carbonyl (C=O) groups is 1. The lowest BCUT2D eigenvalue weighted by molar-refractivity contribution is -0.136. The fourth-order valence-corrected chi connectivity index (χ4v) is 2.81. The Kier molecular flexibility index (Phi) is 4.62. The van der Waals surface area contributed by atoms with Gasteiger partial charge in [-0.05, 0) is 23.6 Å². The minimum Gasteiger partial charge on any atom is -0.481 e. The molecule has 0 heterocycles. The third kappa shape index (κ3) is 3.10. The molecular weight excluding hydrogens is 312 g/mol. The van der Waals surface area contributed by atoms with Crippen molar-refractivity contribution in [3.05, 3.63) is 33.8 Å². The Balaban J connectivity index is 2.85. The summed E-state index contributed by atoms with van der Waals surface area (Å²) in [5.41, 5.74) is 2.22. The molecule has 0 amide bonds.